The normalized spacial score (nSPS) is 16.2. The third kappa shape index (κ3) is 3.56. The molecule has 1 aliphatic rings. The molecule has 0 spiro atoms. The number of nitrogens with one attached hydrogen (secondary N) is 1. The van der Waals surface area contributed by atoms with E-state index in [0.717, 1.165) is 25.3 Å². The van der Waals surface area contributed by atoms with E-state index in [1.807, 2.05) is 0 Å². The van der Waals surface area contributed by atoms with E-state index in [1.165, 1.54) is 17.4 Å². The molecule has 0 unspecified atom stereocenters. The molecule has 7 heteroatoms. The average Bonchev–Trinajstić information content (AvgIpc) is 2.38. The van der Waals surface area contributed by atoms with Crippen LogP contribution in [0.5, 0.6) is 0 Å². The average molecular weight is 335 g/mol. The lowest BCUT2D eigenvalue weighted by Crippen LogP contribution is -2.34. The van der Waals surface area contributed by atoms with Crippen LogP contribution in [0.25, 0.3) is 0 Å². The third-order valence-corrected chi connectivity index (χ3v) is 6.12. The maximum atomic E-state index is 13.9. The first-order valence-corrected chi connectivity index (χ1v) is 8.77. The van der Waals surface area contributed by atoms with Gasteiger partial charge < -0.3 is 5.32 Å². The zero-order valence-electron chi connectivity index (χ0n) is 12.2. The van der Waals surface area contributed by atoms with Gasteiger partial charge in [-0.3, -0.25) is 0 Å². The van der Waals surface area contributed by atoms with Crippen LogP contribution in [0.1, 0.15) is 24.8 Å². The summed E-state index contributed by atoms with van der Waals surface area (Å²) >= 11 is 5.87. The second kappa shape index (κ2) is 6.60. The van der Waals surface area contributed by atoms with Crippen LogP contribution in [0.2, 0.25) is 5.02 Å². The van der Waals surface area contributed by atoms with Gasteiger partial charge in [-0.2, -0.15) is 0 Å². The summed E-state index contributed by atoms with van der Waals surface area (Å²) in [6, 6.07) is 2.43. The van der Waals surface area contributed by atoms with Crippen LogP contribution in [0.4, 0.5) is 4.39 Å². The molecule has 1 aromatic carbocycles. The summed E-state index contributed by atoms with van der Waals surface area (Å²) in [6.07, 6.45) is 3.26. The van der Waals surface area contributed by atoms with Crippen LogP contribution in [0.15, 0.2) is 17.0 Å². The van der Waals surface area contributed by atoms with E-state index in [-0.39, 0.29) is 9.92 Å². The molecule has 0 heterocycles. The van der Waals surface area contributed by atoms with Crippen molar-refractivity contribution in [1.29, 1.82) is 0 Å². The van der Waals surface area contributed by atoms with Gasteiger partial charge in [-0.25, -0.2) is 17.1 Å². The fourth-order valence-electron chi connectivity index (χ4n) is 2.40. The van der Waals surface area contributed by atoms with Gasteiger partial charge in [0.1, 0.15) is 5.82 Å². The quantitative estimate of drug-likeness (QED) is 0.870. The smallest absolute Gasteiger partial charge is 0.242 e. The molecule has 1 N–H and O–H groups in total. The highest BCUT2D eigenvalue weighted by molar-refractivity contribution is 7.89. The fourth-order valence-corrected chi connectivity index (χ4v) is 3.89. The van der Waals surface area contributed by atoms with Crippen LogP contribution < -0.4 is 5.32 Å². The Hall–Kier alpha value is -0.690. The van der Waals surface area contributed by atoms with Gasteiger partial charge in [0.05, 0.1) is 9.92 Å². The maximum absolute atomic E-state index is 13.9. The van der Waals surface area contributed by atoms with Crippen molar-refractivity contribution in [3.05, 3.63) is 28.5 Å². The van der Waals surface area contributed by atoms with Crippen LogP contribution >= 0.6 is 11.6 Å². The predicted octanol–water partition coefficient (Wildman–Crippen LogP) is 2.62. The molecule has 118 valence electrons. The molecule has 1 fully saturated rings. The first-order chi connectivity index (χ1) is 9.86. The molecule has 0 radical (unpaired) electrons. The Morgan fingerprint density at radius 2 is 2.10 bits per heavy atom. The van der Waals surface area contributed by atoms with E-state index in [4.69, 9.17) is 11.6 Å². The van der Waals surface area contributed by atoms with Gasteiger partial charge in [0, 0.05) is 20.1 Å². The van der Waals surface area contributed by atoms with Crippen molar-refractivity contribution in [2.45, 2.75) is 30.7 Å². The molecule has 0 atom stereocenters. The van der Waals surface area contributed by atoms with Crippen molar-refractivity contribution in [3.8, 4) is 0 Å². The molecule has 1 saturated carbocycles. The summed E-state index contributed by atoms with van der Waals surface area (Å²) in [5, 5.41) is 2.81. The Morgan fingerprint density at radius 3 is 2.62 bits per heavy atom. The molecule has 0 saturated heterocycles. The molecule has 1 aromatic rings. The number of sulfonamides is 1. The third-order valence-electron chi connectivity index (χ3n) is 3.89. The predicted molar refractivity (Wildman–Crippen MR) is 81.3 cm³/mol. The van der Waals surface area contributed by atoms with Crippen LogP contribution in [-0.2, 0) is 16.6 Å². The molecule has 21 heavy (non-hydrogen) atoms. The highest BCUT2D eigenvalue weighted by Crippen LogP contribution is 2.30. The van der Waals surface area contributed by atoms with E-state index in [2.05, 4.69) is 5.32 Å². The van der Waals surface area contributed by atoms with Crippen LogP contribution in [0.3, 0.4) is 0 Å². The summed E-state index contributed by atoms with van der Waals surface area (Å²) in [7, 11) is -0.451. The summed E-state index contributed by atoms with van der Waals surface area (Å²) in [5.74, 6) is -0.293. The number of halogens is 2. The van der Waals surface area contributed by atoms with Crippen molar-refractivity contribution in [2.75, 3.05) is 20.6 Å². The molecule has 0 amide bonds. The lowest BCUT2D eigenvalue weighted by molar-refractivity contribution is 0.263. The summed E-state index contributed by atoms with van der Waals surface area (Å²) < 4.78 is 40.2. The van der Waals surface area contributed by atoms with Gasteiger partial charge in [-0.05, 0) is 43.5 Å². The lowest BCUT2D eigenvalue weighted by atomic mass is 9.86. The molecule has 1 aliphatic carbocycles. The number of rotatable bonds is 6. The second-order valence-electron chi connectivity index (χ2n) is 5.49. The van der Waals surface area contributed by atoms with Gasteiger partial charge in [-0.15, -0.1) is 0 Å². The minimum absolute atomic E-state index is 0.0371. The first kappa shape index (κ1) is 16.7. The van der Waals surface area contributed by atoms with Crippen molar-refractivity contribution >= 4 is 21.6 Å². The van der Waals surface area contributed by atoms with E-state index < -0.39 is 15.8 Å². The zero-order chi connectivity index (χ0) is 15.6. The van der Waals surface area contributed by atoms with E-state index >= 15 is 0 Å². The van der Waals surface area contributed by atoms with Gasteiger partial charge in [-0.1, -0.05) is 18.0 Å². The minimum Gasteiger partial charge on any atom is -0.316 e. The highest BCUT2D eigenvalue weighted by atomic mass is 35.5. The molecular formula is C14H20ClFN2O2S. The largest absolute Gasteiger partial charge is 0.316 e. The van der Waals surface area contributed by atoms with E-state index in [0.29, 0.717) is 24.6 Å². The van der Waals surface area contributed by atoms with Gasteiger partial charge in [0.25, 0.3) is 0 Å². The highest BCUT2D eigenvalue weighted by Gasteiger charge is 2.28. The van der Waals surface area contributed by atoms with Crippen molar-refractivity contribution in [3.63, 3.8) is 0 Å². The first-order valence-electron chi connectivity index (χ1n) is 6.95. The Bertz CT molecular complexity index is 618. The summed E-state index contributed by atoms with van der Waals surface area (Å²) in [6.45, 7) is 0.791. The molecule has 0 aromatic heterocycles. The number of hydrogen-bond donors (Lipinski definition) is 1. The maximum Gasteiger partial charge on any atom is 0.242 e. The van der Waals surface area contributed by atoms with Crippen LogP contribution in [0, 0.1) is 11.7 Å². The monoisotopic (exact) mass is 334 g/mol. The number of hydrogen-bond acceptors (Lipinski definition) is 3. The van der Waals surface area contributed by atoms with Gasteiger partial charge >= 0.3 is 0 Å². The molecule has 0 aliphatic heterocycles. The van der Waals surface area contributed by atoms with Crippen molar-refractivity contribution in [2.24, 2.45) is 5.92 Å². The van der Waals surface area contributed by atoms with Gasteiger partial charge in [0.15, 0.2) is 0 Å². The van der Waals surface area contributed by atoms with Crippen LogP contribution in [-0.4, -0.2) is 33.4 Å². The standard InChI is InChI=1S/C14H20ClFN2O2S/c1-17-8-11-6-12(7-13(16)14(11)15)21(19,20)18(2)9-10-4-3-5-10/h6-7,10,17H,3-5,8-9H2,1-2H3. The number of nitrogens with zero attached hydrogens (tertiary/aromatic N) is 1. The Balaban J connectivity index is 2.30. The molecule has 2 rings (SSSR count). The second-order valence-corrected chi connectivity index (χ2v) is 7.91. The van der Waals surface area contributed by atoms with Crippen molar-refractivity contribution < 1.29 is 12.8 Å². The topological polar surface area (TPSA) is 49.4 Å². The Labute approximate surface area is 130 Å². The lowest BCUT2D eigenvalue weighted by Gasteiger charge is -2.29. The zero-order valence-corrected chi connectivity index (χ0v) is 13.8. The summed E-state index contributed by atoms with van der Waals surface area (Å²) in [5.41, 5.74) is 0.440. The van der Waals surface area contributed by atoms with Crippen molar-refractivity contribution in [1.82, 2.24) is 9.62 Å². The molecular weight excluding hydrogens is 315 g/mol. The Kier molecular flexibility index (Phi) is 5.24. The Morgan fingerprint density at radius 1 is 1.43 bits per heavy atom. The minimum atomic E-state index is -3.68. The van der Waals surface area contributed by atoms with Gasteiger partial charge in [0.2, 0.25) is 10.0 Å². The molecule has 4 nitrogen and oxygen atoms in total. The van der Waals surface area contributed by atoms with E-state index in [9.17, 15) is 12.8 Å². The molecule has 0 bridgehead atoms. The number of benzene rings is 1. The van der Waals surface area contributed by atoms with E-state index in [1.54, 1.807) is 7.05 Å². The summed E-state index contributed by atoms with van der Waals surface area (Å²) in [4.78, 5) is -0.0449. The fraction of sp³-hybridized carbons (Fsp3) is 0.571. The SMILES string of the molecule is CNCc1cc(S(=O)(=O)N(C)CC2CCC2)cc(F)c1Cl.